The van der Waals surface area contributed by atoms with Crippen LogP contribution in [0.15, 0.2) is 60.7 Å². The van der Waals surface area contributed by atoms with E-state index in [1.807, 2.05) is 26.8 Å². The van der Waals surface area contributed by atoms with Gasteiger partial charge in [-0.3, -0.25) is 9.59 Å². The molecule has 40 heavy (non-hydrogen) atoms. The maximum atomic E-state index is 13.4. The molecule has 10 heteroatoms. The van der Waals surface area contributed by atoms with Crippen molar-refractivity contribution in [3.8, 4) is 0 Å². The average molecular weight is 555 g/mol. The molecule has 3 rings (SSSR count). The van der Waals surface area contributed by atoms with Crippen LogP contribution in [0.25, 0.3) is 0 Å². The number of carbonyl (C=O) groups excluding carboxylic acids is 3. The Morgan fingerprint density at radius 2 is 1.57 bits per heavy atom. The normalized spacial score (nSPS) is 20.0. The first-order valence-corrected chi connectivity index (χ1v) is 13.4. The highest BCUT2D eigenvalue weighted by molar-refractivity contribution is 5.93. The molecule has 0 heterocycles. The van der Waals surface area contributed by atoms with E-state index in [2.05, 4.69) is 10.6 Å². The van der Waals surface area contributed by atoms with Gasteiger partial charge in [0.25, 0.3) is 0 Å². The Labute approximate surface area is 234 Å². The second-order valence-corrected chi connectivity index (χ2v) is 10.9. The van der Waals surface area contributed by atoms with E-state index in [4.69, 9.17) is 9.47 Å². The van der Waals surface area contributed by atoms with Crippen molar-refractivity contribution >= 4 is 23.9 Å². The fraction of sp³-hybridized carbons (Fsp3) is 0.467. The first-order valence-electron chi connectivity index (χ1n) is 13.4. The van der Waals surface area contributed by atoms with Crippen LogP contribution >= 0.6 is 0 Å². The summed E-state index contributed by atoms with van der Waals surface area (Å²) >= 11 is 0. The first kappa shape index (κ1) is 30.6. The molecule has 0 saturated heterocycles. The number of carboxylic acids is 1. The molecule has 2 aromatic rings. The minimum absolute atomic E-state index is 0.0881. The minimum atomic E-state index is -1.62. The van der Waals surface area contributed by atoms with Crippen LogP contribution < -0.4 is 10.6 Å². The molecule has 4 N–H and O–H groups in total. The van der Waals surface area contributed by atoms with E-state index in [0.29, 0.717) is 11.1 Å². The molecule has 2 aromatic carbocycles. The third kappa shape index (κ3) is 8.29. The van der Waals surface area contributed by atoms with Crippen molar-refractivity contribution in [1.82, 2.24) is 10.6 Å². The summed E-state index contributed by atoms with van der Waals surface area (Å²) < 4.78 is 10.9. The molecule has 0 radical (unpaired) electrons. The van der Waals surface area contributed by atoms with Gasteiger partial charge in [-0.2, -0.15) is 0 Å². The summed E-state index contributed by atoms with van der Waals surface area (Å²) in [5, 5.41) is 24.7. The molecule has 1 fully saturated rings. The van der Waals surface area contributed by atoms with Gasteiger partial charge in [0.2, 0.25) is 5.91 Å². The molecular formula is C30H38N2O8. The van der Waals surface area contributed by atoms with E-state index in [1.165, 1.54) is 0 Å². The number of amides is 2. The zero-order valence-electron chi connectivity index (χ0n) is 23.0. The second kappa shape index (κ2) is 13.9. The Bertz CT molecular complexity index is 1150. The summed E-state index contributed by atoms with van der Waals surface area (Å²) in [6.07, 6.45) is 0.234. The van der Waals surface area contributed by atoms with E-state index in [0.717, 1.165) is 12.8 Å². The molecular weight excluding hydrogens is 516 g/mol. The largest absolute Gasteiger partial charge is 0.481 e. The lowest BCUT2D eigenvalue weighted by Gasteiger charge is -2.31. The molecule has 216 valence electrons. The number of esters is 1. The third-order valence-corrected chi connectivity index (χ3v) is 7.34. The number of hydrogen-bond acceptors (Lipinski definition) is 7. The van der Waals surface area contributed by atoms with E-state index in [1.54, 1.807) is 54.6 Å². The Morgan fingerprint density at radius 3 is 2.10 bits per heavy atom. The predicted molar refractivity (Wildman–Crippen MR) is 146 cm³/mol. The highest BCUT2D eigenvalue weighted by atomic mass is 16.6. The number of nitrogens with one attached hydrogen (secondary N) is 2. The van der Waals surface area contributed by atoms with Crippen LogP contribution in [-0.4, -0.2) is 58.9 Å². The van der Waals surface area contributed by atoms with Crippen LogP contribution in [0.3, 0.4) is 0 Å². The van der Waals surface area contributed by atoms with Gasteiger partial charge in [-0.15, -0.1) is 0 Å². The number of carboxylic acid groups (broad SMARTS) is 1. The zero-order chi connectivity index (χ0) is 29.3. The summed E-state index contributed by atoms with van der Waals surface area (Å²) in [7, 11) is 0. The molecule has 2 amide bonds. The third-order valence-electron chi connectivity index (χ3n) is 7.34. The lowest BCUT2D eigenvalue weighted by atomic mass is 9.87. The van der Waals surface area contributed by atoms with Crippen molar-refractivity contribution in [1.29, 1.82) is 0 Å². The fourth-order valence-corrected chi connectivity index (χ4v) is 5.04. The fourth-order valence-electron chi connectivity index (χ4n) is 5.04. The molecule has 5 atom stereocenters. The van der Waals surface area contributed by atoms with Crippen LogP contribution in [0.1, 0.15) is 44.7 Å². The molecule has 1 saturated carbocycles. The smallest absolute Gasteiger partial charge is 0.408 e. The van der Waals surface area contributed by atoms with Crippen molar-refractivity contribution in [3.05, 3.63) is 71.8 Å². The van der Waals surface area contributed by atoms with Gasteiger partial charge in [0, 0.05) is 5.41 Å². The summed E-state index contributed by atoms with van der Waals surface area (Å²) in [5.74, 6) is -4.43. The number of rotatable bonds is 12. The number of hydrogen-bond donors (Lipinski definition) is 4. The molecule has 0 aromatic heterocycles. The van der Waals surface area contributed by atoms with Crippen LogP contribution in [-0.2, 0) is 36.9 Å². The van der Waals surface area contributed by atoms with Crippen molar-refractivity contribution in [2.24, 2.45) is 17.3 Å². The van der Waals surface area contributed by atoms with Gasteiger partial charge in [0.1, 0.15) is 18.8 Å². The molecule has 0 spiro atoms. The first-order chi connectivity index (χ1) is 19.0. The number of aliphatic carboxylic acids is 1. The molecule has 0 bridgehead atoms. The number of aliphatic hydroxyl groups is 1. The molecule has 1 aliphatic rings. The lowest BCUT2D eigenvalue weighted by molar-refractivity contribution is -0.161. The standard InChI is InChI=1S/C30H38N2O8/c1-19-14-15-30(2,3)25(19)40-28(37)23(17-33)31-26(34)24(22(27(35)36)16-20-10-6-4-7-11-20)32-29(38)39-18-21-12-8-5-9-13-21/h4-13,19,22-25,33H,14-18H2,1-3H3,(H,31,34)(H,32,38)(H,35,36)/t19?,22?,23-,24+,25?/m1/s1. The molecule has 10 nitrogen and oxygen atoms in total. The number of ether oxygens (including phenoxy) is 2. The van der Waals surface area contributed by atoms with Gasteiger partial charge in [0.15, 0.2) is 6.04 Å². The molecule has 0 aliphatic heterocycles. The summed E-state index contributed by atoms with van der Waals surface area (Å²) in [5.41, 5.74) is 1.06. The van der Waals surface area contributed by atoms with Crippen molar-refractivity contribution in [2.45, 2.75) is 64.8 Å². The van der Waals surface area contributed by atoms with Gasteiger partial charge in [0.05, 0.1) is 12.5 Å². The summed E-state index contributed by atoms with van der Waals surface area (Å²) in [6, 6.07) is 14.4. The maximum absolute atomic E-state index is 13.4. The number of benzene rings is 2. The van der Waals surface area contributed by atoms with Gasteiger partial charge >= 0.3 is 18.0 Å². The van der Waals surface area contributed by atoms with Crippen LogP contribution in [0.4, 0.5) is 4.79 Å². The Hall–Kier alpha value is -3.92. The lowest BCUT2D eigenvalue weighted by Crippen LogP contribution is -2.57. The van der Waals surface area contributed by atoms with Gasteiger partial charge in [-0.25, -0.2) is 9.59 Å². The van der Waals surface area contributed by atoms with E-state index in [9.17, 15) is 29.4 Å². The Balaban J connectivity index is 1.77. The van der Waals surface area contributed by atoms with Gasteiger partial charge in [-0.1, -0.05) is 81.4 Å². The van der Waals surface area contributed by atoms with Crippen LogP contribution in [0, 0.1) is 17.3 Å². The topological polar surface area (TPSA) is 151 Å². The van der Waals surface area contributed by atoms with Crippen LogP contribution in [0.5, 0.6) is 0 Å². The maximum Gasteiger partial charge on any atom is 0.408 e. The van der Waals surface area contributed by atoms with E-state index in [-0.39, 0.29) is 24.4 Å². The highest BCUT2D eigenvalue weighted by Crippen LogP contribution is 2.43. The number of carbonyl (C=O) groups is 4. The van der Waals surface area contributed by atoms with E-state index >= 15 is 0 Å². The quantitative estimate of drug-likeness (QED) is 0.292. The van der Waals surface area contributed by atoms with Crippen LogP contribution in [0.2, 0.25) is 0 Å². The monoisotopic (exact) mass is 554 g/mol. The number of alkyl carbamates (subject to hydrolysis) is 1. The highest BCUT2D eigenvalue weighted by Gasteiger charge is 2.44. The van der Waals surface area contributed by atoms with Gasteiger partial charge < -0.3 is 30.3 Å². The SMILES string of the molecule is CC1CCC(C)(C)C1OC(=O)[C@@H](CO)NC(=O)[C@@H](NC(=O)OCc1ccccc1)C(Cc1ccccc1)C(=O)O. The van der Waals surface area contributed by atoms with Crippen molar-refractivity contribution < 1.29 is 38.9 Å². The summed E-state index contributed by atoms with van der Waals surface area (Å²) in [6.45, 7) is 5.08. The van der Waals surface area contributed by atoms with Crippen molar-refractivity contribution in [3.63, 3.8) is 0 Å². The van der Waals surface area contributed by atoms with Gasteiger partial charge in [-0.05, 0) is 36.3 Å². The second-order valence-electron chi connectivity index (χ2n) is 10.9. The van der Waals surface area contributed by atoms with Crippen molar-refractivity contribution in [2.75, 3.05) is 6.61 Å². The Morgan fingerprint density at radius 1 is 0.975 bits per heavy atom. The molecule has 3 unspecified atom stereocenters. The molecule has 1 aliphatic carbocycles. The predicted octanol–water partition coefficient (Wildman–Crippen LogP) is 3.07. The zero-order valence-corrected chi connectivity index (χ0v) is 23.0. The average Bonchev–Trinajstić information content (AvgIpc) is 3.19. The Kier molecular flexibility index (Phi) is 10.7. The number of aliphatic hydroxyl groups excluding tert-OH is 1. The minimum Gasteiger partial charge on any atom is -0.481 e. The van der Waals surface area contributed by atoms with E-state index < -0.39 is 54.7 Å². The summed E-state index contributed by atoms with van der Waals surface area (Å²) in [4.78, 5) is 51.4.